The van der Waals surface area contributed by atoms with E-state index >= 15 is 0 Å². The van der Waals surface area contributed by atoms with Crippen LogP contribution in [0.3, 0.4) is 0 Å². The Balaban J connectivity index is 1.15. The fourth-order valence-corrected chi connectivity index (χ4v) is 4.71. The molecule has 0 N–H and O–H groups in total. The van der Waals surface area contributed by atoms with E-state index in [1.807, 2.05) is 24.3 Å². The monoisotopic (exact) mass is 423 g/mol. The summed E-state index contributed by atoms with van der Waals surface area (Å²) in [6, 6.07) is 14.4. The molecule has 0 unspecified atom stereocenters. The number of piperazine rings is 1. The van der Waals surface area contributed by atoms with E-state index in [1.54, 1.807) is 18.4 Å². The number of rotatable bonds is 6. The Kier molecular flexibility index (Phi) is 5.57. The van der Waals surface area contributed by atoms with Crippen LogP contribution < -0.4 is 14.2 Å². The average molecular weight is 424 g/mol. The summed E-state index contributed by atoms with van der Waals surface area (Å²) in [5.41, 5.74) is 3.52. The number of hydrogen-bond acceptors (Lipinski definition) is 7. The highest BCUT2D eigenvalue weighted by atomic mass is 32.1. The summed E-state index contributed by atoms with van der Waals surface area (Å²) in [6.07, 6.45) is 0. The minimum Gasteiger partial charge on any atom is -0.497 e. The number of ether oxygens (including phenoxy) is 3. The minimum absolute atomic E-state index is 0.297. The molecule has 156 valence electrons. The molecule has 2 aliphatic rings. The zero-order valence-electron chi connectivity index (χ0n) is 17.0. The molecule has 0 bridgehead atoms. The van der Waals surface area contributed by atoms with Crippen molar-refractivity contribution in [2.75, 3.05) is 40.1 Å². The third-order valence-corrected chi connectivity index (χ3v) is 6.50. The number of methoxy groups -OCH3 is 1. The van der Waals surface area contributed by atoms with Gasteiger partial charge in [0.2, 0.25) is 6.79 Å². The van der Waals surface area contributed by atoms with E-state index in [0.717, 1.165) is 72.8 Å². The average Bonchev–Trinajstić information content (AvgIpc) is 3.44. The van der Waals surface area contributed by atoms with E-state index in [1.165, 1.54) is 5.56 Å². The zero-order valence-corrected chi connectivity index (χ0v) is 17.9. The highest BCUT2D eigenvalue weighted by Crippen LogP contribution is 2.36. The summed E-state index contributed by atoms with van der Waals surface area (Å²) in [7, 11) is 1.72. The summed E-state index contributed by atoms with van der Waals surface area (Å²) in [4.78, 5) is 9.85. The molecule has 7 heteroatoms. The van der Waals surface area contributed by atoms with Gasteiger partial charge >= 0.3 is 0 Å². The molecule has 0 saturated carbocycles. The van der Waals surface area contributed by atoms with Crippen molar-refractivity contribution in [2.24, 2.45) is 0 Å². The molecule has 3 aromatic rings. The van der Waals surface area contributed by atoms with Crippen LogP contribution in [0.25, 0.3) is 10.6 Å². The summed E-state index contributed by atoms with van der Waals surface area (Å²) in [5, 5.41) is 3.20. The molecule has 0 amide bonds. The molecule has 5 rings (SSSR count). The standard InChI is InChI=1S/C23H25N3O3S/c1-27-20-4-2-3-17(11-20)13-25-7-9-26(10-8-25)14-19-15-30-23(24-19)18-5-6-21-22(12-18)29-16-28-21/h2-6,11-12,15H,7-10,13-14,16H2,1H3. The third-order valence-electron chi connectivity index (χ3n) is 5.56. The van der Waals surface area contributed by atoms with Crippen LogP contribution in [-0.4, -0.2) is 54.9 Å². The second-order valence-corrected chi connectivity index (χ2v) is 8.47. The Morgan fingerprint density at radius 2 is 1.77 bits per heavy atom. The number of thiazole rings is 1. The summed E-state index contributed by atoms with van der Waals surface area (Å²) >= 11 is 1.69. The molecule has 2 aromatic carbocycles. The van der Waals surface area contributed by atoms with E-state index in [4.69, 9.17) is 19.2 Å². The second-order valence-electron chi connectivity index (χ2n) is 7.62. The lowest BCUT2D eigenvalue weighted by atomic mass is 10.2. The first-order chi connectivity index (χ1) is 14.8. The fourth-order valence-electron chi connectivity index (χ4n) is 3.91. The van der Waals surface area contributed by atoms with E-state index < -0.39 is 0 Å². The predicted molar refractivity (Wildman–Crippen MR) is 117 cm³/mol. The SMILES string of the molecule is COc1cccc(CN2CCN(Cc3csc(-c4ccc5c(c4)OCO5)n3)CC2)c1. The quantitative estimate of drug-likeness (QED) is 0.600. The van der Waals surface area contributed by atoms with Crippen LogP contribution in [-0.2, 0) is 13.1 Å². The van der Waals surface area contributed by atoms with Gasteiger partial charge in [-0.1, -0.05) is 12.1 Å². The first-order valence-corrected chi connectivity index (χ1v) is 11.1. The molecule has 0 aliphatic carbocycles. The topological polar surface area (TPSA) is 47.1 Å². The number of nitrogens with zero attached hydrogens (tertiary/aromatic N) is 3. The zero-order chi connectivity index (χ0) is 20.3. The molecule has 1 saturated heterocycles. The Labute approximate surface area is 180 Å². The van der Waals surface area contributed by atoms with E-state index in [-0.39, 0.29) is 0 Å². The maximum Gasteiger partial charge on any atom is 0.231 e. The van der Waals surface area contributed by atoms with Crippen molar-refractivity contribution >= 4 is 11.3 Å². The molecule has 1 aromatic heterocycles. The smallest absolute Gasteiger partial charge is 0.231 e. The molecular formula is C23H25N3O3S. The maximum absolute atomic E-state index is 5.49. The van der Waals surface area contributed by atoms with Crippen molar-refractivity contribution in [3.05, 3.63) is 59.1 Å². The Bertz CT molecular complexity index is 1010. The summed E-state index contributed by atoms with van der Waals surface area (Å²) in [5.74, 6) is 2.53. The van der Waals surface area contributed by atoms with Crippen LogP contribution in [0.5, 0.6) is 17.2 Å². The van der Waals surface area contributed by atoms with E-state index in [0.29, 0.717) is 6.79 Å². The lowest BCUT2D eigenvalue weighted by Gasteiger charge is -2.34. The largest absolute Gasteiger partial charge is 0.497 e. The lowest BCUT2D eigenvalue weighted by Crippen LogP contribution is -2.45. The van der Waals surface area contributed by atoms with Gasteiger partial charge in [0.15, 0.2) is 11.5 Å². The molecule has 6 nitrogen and oxygen atoms in total. The van der Waals surface area contributed by atoms with Crippen LogP contribution in [0.4, 0.5) is 0 Å². The highest BCUT2D eigenvalue weighted by molar-refractivity contribution is 7.13. The van der Waals surface area contributed by atoms with Gasteiger partial charge in [-0.05, 0) is 35.9 Å². The van der Waals surface area contributed by atoms with Gasteiger partial charge in [-0.2, -0.15) is 0 Å². The normalized spacial score (nSPS) is 16.7. The van der Waals surface area contributed by atoms with Crippen LogP contribution >= 0.6 is 11.3 Å². The van der Waals surface area contributed by atoms with E-state index in [2.05, 4.69) is 33.4 Å². The predicted octanol–water partition coefficient (Wildman–Crippen LogP) is 3.87. The van der Waals surface area contributed by atoms with Gasteiger partial charge in [-0.15, -0.1) is 11.3 Å². The van der Waals surface area contributed by atoms with Crippen LogP contribution in [0.1, 0.15) is 11.3 Å². The van der Waals surface area contributed by atoms with Gasteiger partial charge in [-0.3, -0.25) is 9.80 Å². The number of hydrogen-bond donors (Lipinski definition) is 0. The number of benzene rings is 2. The van der Waals surface area contributed by atoms with Gasteiger partial charge in [-0.25, -0.2) is 4.98 Å². The van der Waals surface area contributed by atoms with Gasteiger partial charge in [0.25, 0.3) is 0 Å². The van der Waals surface area contributed by atoms with Crippen molar-refractivity contribution in [1.82, 2.24) is 14.8 Å². The molecule has 0 atom stereocenters. The van der Waals surface area contributed by atoms with Crippen molar-refractivity contribution in [1.29, 1.82) is 0 Å². The second kappa shape index (κ2) is 8.63. The molecule has 3 heterocycles. The fraction of sp³-hybridized carbons (Fsp3) is 0.348. The van der Waals surface area contributed by atoms with Gasteiger partial charge < -0.3 is 14.2 Å². The van der Waals surface area contributed by atoms with Gasteiger partial charge in [0.1, 0.15) is 10.8 Å². The molecule has 2 aliphatic heterocycles. The highest BCUT2D eigenvalue weighted by Gasteiger charge is 2.19. The van der Waals surface area contributed by atoms with Crippen molar-refractivity contribution in [2.45, 2.75) is 13.1 Å². The van der Waals surface area contributed by atoms with Crippen molar-refractivity contribution in [3.63, 3.8) is 0 Å². The molecule has 0 spiro atoms. The third kappa shape index (κ3) is 4.28. The first kappa shape index (κ1) is 19.4. The Hall–Kier alpha value is -2.61. The maximum atomic E-state index is 5.49. The lowest BCUT2D eigenvalue weighted by molar-refractivity contribution is 0.121. The Morgan fingerprint density at radius 1 is 0.967 bits per heavy atom. The molecular weight excluding hydrogens is 398 g/mol. The summed E-state index contributed by atoms with van der Waals surface area (Å²) in [6.45, 7) is 6.41. The van der Waals surface area contributed by atoms with Gasteiger partial charge in [0.05, 0.1) is 12.8 Å². The van der Waals surface area contributed by atoms with Crippen molar-refractivity contribution in [3.8, 4) is 27.8 Å². The van der Waals surface area contributed by atoms with Crippen LogP contribution in [0.2, 0.25) is 0 Å². The van der Waals surface area contributed by atoms with Crippen LogP contribution in [0.15, 0.2) is 47.8 Å². The molecule has 1 fully saturated rings. The van der Waals surface area contributed by atoms with Crippen LogP contribution in [0, 0.1) is 0 Å². The molecule has 0 radical (unpaired) electrons. The minimum atomic E-state index is 0.297. The number of fused-ring (bicyclic) bond motifs is 1. The summed E-state index contributed by atoms with van der Waals surface area (Å²) < 4.78 is 16.2. The van der Waals surface area contributed by atoms with Crippen molar-refractivity contribution < 1.29 is 14.2 Å². The first-order valence-electron chi connectivity index (χ1n) is 10.2. The van der Waals surface area contributed by atoms with E-state index in [9.17, 15) is 0 Å². The number of aromatic nitrogens is 1. The Morgan fingerprint density at radius 3 is 2.60 bits per heavy atom. The molecule has 30 heavy (non-hydrogen) atoms. The van der Waals surface area contributed by atoms with Gasteiger partial charge in [0, 0.05) is 50.2 Å².